The standard InChI is InChI=1S/C25H28N6O2S/c1-33-24-13-27-21-4-2-3-19(25(21)28-24)23(32)14-31-17-6-7-18(31)11-16(10-17)26-12-15-5-8-20-22(9-15)30-34-29-20/h2-5,8-9,13,16-18,23,26,32H,6-7,10-12,14H2,1H3. The third-order valence-corrected chi connectivity index (χ3v) is 7.89. The molecule has 9 heteroatoms. The summed E-state index contributed by atoms with van der Waals surface area (Å²) in [5.74, 6) is 0.462. The second-order valence-electron chi connectivity index (χ2n) is 9.36. The van der Waals surface area contributed by atoms with Crippen LogP contribution in [0.5, 0.6) is 5.88 Å². The molecule has 0 aliphatic carbocycles. The van der Waals surface area contributed by atoms with Crippen molar-refractivity contribution in [2.24, 2.45) is 0 Å². The first-order valence-electron chi connectivity index (χ1n) is 11.9. The minimum atomic E-state index is -0.615. The van der Waals surface area contributed by atoms with Crippen LogP contribution in [-0.2, 0) is 6.54 Å². The maximum atomic E-state index is 11.2. The molecule has 0 saturated carbocycles. The number of nitrogens with zero attached hydrogens (tertiary/aromatic N) is 5. The number of ether oxygens (including phenoxy) is 1. The summed E-state index contributed by atoms with van der Waals surface area (Å²) >= 11 is 1.26. The molecule has 3 atom stereocenters. The van der Waals surface area contributed by atoms with Crippen LogP contribution in [-0.4, -0.2) is 60.5 Å². The van der Waals surface area contributed by atoms with Crippen LogP contribution in [0.25, 0.3) is 22.1 Å². The molecule has 8 nitrogen and oxygen atoms in total. The summed E-state index contributed by atoms with van der Waals surface area (Å²) in [6.07, 6.45) is 5.59. The van der Waals surface area contributed by atoms with Crippen molar-refractivity contribution in [1.29, 1.82) is 0 Å². The van der Waals surface area contributed by atoms with Gasteiger partial charge in [0, 0.05) is 36.8 Å². The Bertz CT molecular complexity index is 1300. The number of aliphatic hydroxyl groups excluding tert-OH is 1. The topological polar surface area (TPSA) is 96.3 Å². The van der Waals surface area contributed by atoms with E-state index in [1.54, 1.807) is 13.3 Å². The van der Waals surface area contributed by atoms with E-state index in [4.69, 9.17) is 4.74 Å². The number of methoxy groups -OCH3 is 1. The number of benzene rings is 2. The van der Waals surface area contributed by atoms with Crippen molar-refractivity contribution < 1.29 is 9.84 Å². The Kier molecular flexibility index (Phi) is 5.86. The third-order valence-electron chi connectivity index (χ3n) is 7.33. The molecule has 0 spiro atoms. The van der Waals surface area contributed by atoms with E-state index in [-0.39, 0.29) is 0 Å². The molecule has 4 aromatic rings. The summed E-state index contributed by atoms with van der Waals surface area (Å²) in [6, 6.07) is 13.6. The Balaban J connectivity index is 1.11. The molecule has 0 amide bonds. The molecule has 2 saturated heterocycles. The van der Waals surface area contributed by atoms with E-state index < -0.39 is 6.10 Å². The molecule has 0 radical (unpaired) electrons. The van der Waals surface area contributed by atoms with Gasteiger partial charge in [-0.15, -0.1) is 0 Å². The Hall–Kier alpha value is -2.72. The number of nitrogens with one attached hydrogen (secondary N) is 1. The first-order valence-corrected chi connectivity index (χ1v) is 12.6. The molecular weight excluding hydrogens is 448 g/mol. The van der Waals surface area contributed by atoms with E-state index in [9.17, 15) is 5.11 Å². The zero-order valence-electron chi connectivity index (χ0n) is 19.1. The Morgan fingerprint density at radius 3 is 2.76 bits per heavy atom. The average molecular weight is 477 g/mol. The fourth-order valence-corrected chi connectivity index (χ4v) is 6.16. The summed E-state index contributed by atoms with van der Waals surface area (Å²) in [6.45, 7) is 1.46. The first-order chi connectivity index (χ1) is 16.7. The fraction of sp³-hybridized carbons (Fsp3) is 0.440. The second-order valence-corrected chi connectivity index (χ2v) is 9.89. The molecule has 2 aromatic heterocycles. The van der Waals surface area contributed by atoms with Crippen molar-refractivity contribution >= 4 is 33.8 Å². The molecule has 2 bridgehead atoms. The Labute approximate surface area is 202 Å². The van der Waals surface area contributed by atoms with Gasteiger partial charge in [0.2, 0.25) is 5.88 Å². The van der Waals surface area contributed by atoms with Gasteiger partial charge in [0.05, 0.1) is 42.2 Å². The van der Waals surface area contributed by atoms with Crippen molar-refractivity contribution in [1.82, 2.24) is 28.9 Å². The quantitative estimate of drug-likeness (QED) is 0.419. The molecule has 3 unspecified atom stereocenters. The van der Waals surface area contributed by atoms with Gasteiger partial charge < -0.3 is 15.2 Å². The van der Waals surface area contributed by atoms with E-state index in [1.165, 1.54) is 30.1 Å². The largest absolute Gasteiger partial charge is 0.480 e. The smallest absolute Gasteiger partial charge is 0.232 e. The SMILES string of the molecule is COc1cnc2cccc(C(O)CN3C4CCC3CC(NCc3ccc5nsnc5c3)C4)c2n1. The maximum Gasteiger partial charge on any atom is 0.232 e. The second kappa shape index (κ2) is 9.14. The van der Waals surface area contributed by atoms with Gasteiger partial charge in [-0.05, 0) is 49.4 Å². The van der Waals surface area contributed by atoms with E-state index in [1.807, 2.05) is 18.2 Å². The Morgan fingerprint density at radius 2 is 1.94 bits per heavy atom. The lowest BCUT2D eigenvalue weighted by atomic mass is 9.95. The van der Waals surface area contributed by atoms with Crippen LogP contribution in [0.3, 0.4) is 0 Å². The van der Waals surface area contributed by atoms with Crippen molar-refractivity contribution in [3.63, 3.8) is 0 Å². The summed E-state index contributed by atoms with van der Waals surface area (Å²) in [5, 5.41) is 15.0. The highest BCUT2D eigenvalue weighted by Gasteiger charge is 2.41. The van der Waals surface area contributed by atoms with Crippen molar-refractivity contribution in [2.45, 2.75) is 56.5 Å². The average Bonchev–Trinajstić information content (AvgIpc) is 3.42. The van der Waals surface area contributed by atoms with Crippen LogP contribution >= 0.6 is 11.7 Å². The first kappa shape index (κ1) is 21.8. The minimum absolute atomic E-state index is 0.462. The normalized spacial score (nSPS) is 23.5. The van der Waals surface area contributed by atoms with Crippen LogP contribution in [0.1, 0.15) is 42.9 Å². The number of aromatic nitrogens is 4. The van der Waals surface area contributed by atoms with Crippen molar-refractivity contribution in [2.75, 3.05) is 13.7 Å². The number of fused-ring (bicyclic) bond motifs is 4. The van der Waals surface area contributed by atoms with Crippen molar-refractivity contribution in [3.8, 4) is 5.88 Å². The number of aliphatic hydroxyl groups is 1. The van der Waals surface area contributed by atoms with Gasteiger partial charge in [-0.3, -0.25) is 4.90 Å². The lowest BCUT2D eigenvalue weighted by Crippen LogP contribution is -2.50. The van der Waals surface area contributed by atoms with Gasteiger partial charge in [0.25, 0.3) is 0 Å². The lowest BCUT2D eigenvalue weighted by Gasteiger charge is -2.40. The van der Waals surface area contributed by atoms with Gasteiger partial charge >= 0.3 is 0 Å². The molecule has 2 aromatic carbocycles. The molecule has 176 valence electrons. The van der Waals surface area contributed by atoms with Crippen LogP contribution in [0, 0.1) is 0 Å². The van der Waals surface area contributed by atoms with Gasteiger partial charge in [-0.1, -0.05) is 18.2 Å². The van der Waals surface area contributed by atoms with Crippen LogP contribution < -0.4 is 10.1 Å². The fourth-order valence-electron chi connectivity index (χ4n) is 5.64. The monoisotopic (exact) mass is 476 g/mol. The predicted octanol–water partition coefficient (Wildman–Crippen LogP) is 3.46. The summed E-state index contributed by atoms with van der Waals surface area (Å²) in [4.78, 5) is 11.5. The highest BCUT2D eigenvalue weighted by Crippen LogP contribution is 2.37. The number of para-hydroxylation sites is 1. The van der Waals surface area contributed by atoms with Gasteiger partial charge in [0.1, 0.15) is 11.0 Å². The molecule has 4 heterocycles. The third kappa shape index (κ3) is 4.13. The van der Waals surface area contributed by atoms with E-state index in [2.05, 4.69) is 47.1 Å². The lowest BCUT2D eigenvalue weighted by molar-refractivity contribution is 0.0521. The van der Waals surface area contributed by atoms with Gasteiger partial charge in [-0.25, -0.2) is 9.97 Å². The molecule has 34 heavy (non-hydrogen) atoms. The number of rotatable bonds is 7. The Morgan fingerprint density at radius 1 is 1.12 bits per heavy atom. The maximum absolute atomic E-state index is 11.2. The van der Waals surface area contributed by atoms with E-state index >= 15 is 0 Å². The molecule has 2 aliphatic heterocycles. The van der Waals surface area contributed by atoms with Gasteiger partial charge in [-0.2, -0.15) is 8.75 Å². The molecular formula is C25H28N6O2S. The molecule has 2 aliphatic rings. The van der Waals surface area contributed by atoms with Crippen LogP contribution in [0.2, 0.25) is 0 Å². The van der Waals surface area contributed by atoms with E-state index in [0.717, 1.165) is 41.5 Å². The van der Waals surface area contributed by atoms with Gasteiger partial charge in [0.15, 0.2) is 0 Å². The van der Waals surface area contributed by atoms with Crippen LogP contribution in [0.15, 0.2) is 42.6 Å². The predicted molar refractivity (Wildman–Crippen MR) is 132 cm³/mol. The summed E-state index contributed by atoms with van der Waals surface area (Å²) in [7, 11) is 1.58. The number of hydrogen-bond acceptors (Lipinski definition) is 9. The van der Waals surface area contributed by atoms with Crippen molar-refractivity contribution in [3.05, 3.63) is 53.7 Å². The summed E-state index contributed by atoms with van der Waals surface area (Å²) in [5.41, 5.74) is 5.49. The zero-order chi connectivity index (χ0) is 23.1. The summed E-state index contributed by atoms with van der Waals surface area (Å²) < 4.78 is 13.9. The zero-order valence-corrected chi connectivity index (χ0v) is 19.9. The van der Waals surface area contributed by atoms with Crippen LogP contribution in [0.4, 0.5) is 0 Å². The van der Waals surface area contributed by atoms with E-state index in [0.29, 0.717) is 36.1 Å². The minimum Gasteiger partial charge on any atom is -0.480 e. The highest BCUT2D eigenvalue weighted by molar-refractivity contribution is 7.00. The number of piperidine rings is 1. The highest BCUT2D eigenvalue weighted by atomic mass is 32.1. The number of hydrogen-bond donors (Lipinski definition) is 2. The molecule has 2 fully saturated rings. The molecule has 6 rings (SSSR count). The molecule has 2 N–H and O–H groups in total.